The number of carbonyl (C=O) groups excluding carboxylic acids is 2. The largest absolute Gasteiger partial charge is 1.00 e. The molecule has 2 aliphatic heterocycles. The Morgan fingerprint density at radius 2 is 1.42 bits per heavy atom. The van der Waals surface area contributed by atoms with E-state index in [1.165, 1.54) is 44.1 Å². The van der Waals surface area contributed by atoms with Crippen molar-refractivity contribution >= 4 is 50.5 Å². The Bertz CT molecular complexity index is 2100. The van der Waals surface area contributed by atoms with Crippen molar-refractivity contribution in [1.82, 2.24) is 5.32 Å². The molecule has 0 saturated heterocycles. The van der Waals surface area contributed by atoms with E-state index in [-0.39, 0.29) is 66.1 Å². The van der Waals surface area contributed by atoms with E-state index in [0.717, 1.165) is 17.8 Å². The molecule has 1 N–H and O–H groups in total. The molecule has 7 heteroatoms. The minimum absolute atomic E-state index is 0. The molecular weight excluding hydrogens is 666 g/mol. The van der Waals surface area contributed by atoms with Crippen molar-refractivity contribution in [3.8, 4) is 0 Å². The van der Waals surface area contributed by atoms with E-state index >= 15 is 0 Å². The zero-order valence-corrected chi connectivity index (χ0v) is 33.7. The Labute approximate surface area is 316 Å². The maximum Gasteiger partial charge on any atom is 0.312 e. The number of ether oxygens (including phenoxy) is 1. The first kappa shape index (κ1) is 39.1. The van der Waals surface area contributed by atoms with Gasteiger partial charge in [0.25, 0.3) is 0 Å². The fourth-order valence-corrected chi connectivity index (χ4v) is 8.76. The van der Waals surface area contributed by atoms with Crippen molar-refractivity contribution in [2.24, 2.45) is 16.7 Å². The highest BCUT2D eigenvalue weighted by Gasteiger charge is 2.48. The van der Waals surface area contributed by atoms with Gasteiger partial charge in [-0.3, -0.25) is 9.59 Å². The summed E-state index contributed by atoms with van der Waals surface area (Å²) in [6, 6.07) is 25.9. The van der Waals surface area contributed by atoms with Crippen molar-refractivity contribution in [3.63, 3.8) is 0 Å². The molecule has 0 aromatic heterocycles. The van der Waals surface area contributed by atoms with Crippen LogP contribution >= 0.6 is 0 Å². The van der Waals surface area contributed by atoms with Crippen LogP contribution in [0.5, 0.6) is 0 Å². The maximum absolute atomic E-state index is 13.8. The summed E-state index contributed by atoms with van der Waals surface area (Å²) in [6.45, 7) is 22.3. The lowest BCUT2D eigenvalue weighted by molar-refractivity contribution is -0.401. The molecule has 0 aliphatic carbocycles. The van der Waals surface area contributed by atoms with Crippen LogP contribution in [0.4, 0.5) is 11.4 Å². The van der Waals surface area contributed by atoms with Crippen molar-refractivity contribution in [3.05, 3.63) is 95.7 Å². The molecule has 0 radical (unpaired) electrons. The number of nitrogens with zero attached hydrogens (tertiary/aromatic N) is 2. The number of esters is 1. The second-order valence-corrected chi connectivity index (χ2v) is 17.5. The van der Waals surface area contributed by atoms with Crippen molar-refractivity contribution in [2.75, 3.05) is 31.6 Å². The molecule has 0 spiro atoms. The number of allylic oxidation sites excluding steroid dienone is 2. The predicted molar refractivity (Wildman–Crippen MR) is 211 cm³/mol. The molecule has 2 aliphatic rings. The molecule has 1 amide bonds. The quantitative estimate of drug-likeness (QED) is 0.123. The number of rotatable bonds is 9. The van der Waals surface area contributed by atoms with Gasteiger partial charge in [-0.15, -0.1) is 0 Å². The monoisotopic (exact) mass is 721 g/mol. The predicted octanol–water partition coefficient (Wildman–Crippen LogP) is 6.44. The first-order valence-electron chi connectivity index (χ1n) is 18.5. The first-order valence-corrected chi connectivity index (χ1v) is 18.5. The molecule has 0 saturated carbocycles. The lowest BCUT2D eigenvalue weighted by Gasteiger charge is -2.36. The van der Waals surface area contributed by atoms with E-state index in [0.29, 0.717) is 0 Å². The number of anilines is 1. The summed E-state index contributed by atoms with van der Waals surface area (Å²) in [6.07, 6.45) is 3.06. The molecule has 2 heterocycles. The number of amides is 1. The fraction of sp³-hybridized carbons (Fsp3) is 0.444. The number of halogens is 1. The summed E-state index contributed by atoms with van der Waals surface area (Å²) in [5.41, 5.74) is 5.79. The van der Waals surface area contributed by atoms with Crippen LogP contribution < -0.4 is 22.6 Å². The molecule has 1 unspecified atom stereocenters. The highest BCUT2D eigenvalue weighted by atomic mass is 35.5. The second kappa shape index (κ2) is 14.0. The van der Waals surface area contributed by atoms with Gasteiger partial charge in [-0.2, -0.15) is 4.58 Å². The number of hydrogen-bond donors (Lipinski definition) is 1. The summed E-state index contributed by atoms with van der Waals surface area (Å²) in [4.78, 5) is 29.3. The average Bonchev–Trinajstić information content (AvgIpc) is 3.40. The van der Waals surface area contributed by atoms with Gasteiger partial charge in [-0.25, -0.2) is 0 Å². The molecule has 4 aromatic carbocycles. The Balaban J connectivity index is 0.00000523. The van der Waals surface area contributed by atoms with Gasteiger partial charge in [0.2, 0.25) is 11.6 Å². The van der Waals surface area contributed by atoms with Crippen LogP contribution in [-0.4, -0.2) is 48.9 Å². The number of nitrogens with one attached hydrogen (secondary N) is 1. The van der Waals surface area contributed by atoms with Gasteiger partial charge in [0.05, 0.1) is 17.4 Å². The van der Waals surface area contributed by atoms with Crippen molar-refractivity contribution in [2.45, 2.75) is 86.5 Å². The Morgan fingerprint density at radius 1 is 0.846 bits per heavy atom. The van der Waals surface area contributed by atoms with E-state index in [2.05, 4.69) is 163 Å². The molecule has 6 rings (SSSR count). The van der Waals surface area contributed by atoms with Crippen molar-refractivity contribution in [1.29, 1.82) is 0 Å². The summed E-state index contributed by atoms with van der Waals surface area (Å²) in [7, 11) is 2.16. The maximum atomic E-state index is 13.8. The van der Waals surface area contributed by atoms with Crippen LogP contribution in [0.1, 0.15) is 86.8 Å². The summed E-state index contributed by atoms with van der Waals surface area (Å²) in [5, 5.41) is 7.94. The van der Waals surface area contributed by atoms with Crippen LogP contribution in [0.25, 0.3) is 21.5 Å². The van der Waals surface area contributed by atoms with Crippen molar-refractivity contribution < 1.29 is 31.3 Å². The van der Waals surface area contributed by atoms with Crippen LogP contribution in [0.3, 0.4) is 0 Å². The summed E-state index contributed by atoms with van der Waals surface area (Å²) < 4.78 is 8.11. The Kier molecular flexibility index (Phi) is 10.5. The fourth-order valence-electron chi connectivity index (χ4n) is 8.76. The smallest absolute Gasteiger partial charge is 0.312 e. The van der Waals surface area contributed by atoms with Crippen LogP contribution in [0.15, 0.2) is 84.6 Å². The van der Waals surface area contributed by atoms with Gasteiger partial charge >= 0.3 is 5.97 Å². The van der Waals surface area contributed by atoms with Crippen LogP contribution in [-0.2, 0) is 25.2 Å². The SMILES string of the molecule is CC(C)C(C)(CC(C)(C)C)C(=O)OCCNC(=O)CN1/C(=C/C2=[N+](C)c3ccc4ccccc4c3C2(C)C)C(C)(C)c2c1ccc1ccccc21.[Cl-]. The average molecular weight is 722 g/mol. The topological polar surface area (TPSA) is 61.6 Å². The van der Waals surface area contributed by atoms with E-state index in [1.807, 2.05) is 6.92 Å². The lowest BCUT2D eigenvalue weighted by atomic mass is 9.69. The molecule has 6 nitrogen and oxygen atoms in total. The minimum atomic E-state index is -0.597. The van der Waals surface area contributed by atoms with Gasteiger partial charge in [0, 0.05) is 34.5 Å². The van der Waals surface area contributed by atoms with Gasteiger partial charge in [-0.1, -0.05) is 103 Å². The molecular formula is C45H56ClN3O3. The second-order valence-electron chi connectivity index (χ2n) is 17.5. The summed E-state index contributed by atoms with van der Waals surface area (Å²) in [5.74, 6) is -0.191. The number of carbonyl (C=O) groups is 2. The molecule has 276 valence electrons. The molecule has 4 aromatic rings. The highest BCUT2D eigenvalue weighted by Crippen LogP contribution is 2.52. The summed E-state index contributed by atoms with van der Waals surface area (Å²) >= 11 is 0. The Morgan fingerprint density at radius 3 is 2.02 bits per heavy atom. The van der Waals surface area contributed by atoms with Gasteiger partial charge in [0.1, 0.15) is 20.2 Å². The van der Waals surface area contributed by atoms with E-state index in [1.54, 1.807) is 0 Å². The normalized spacial score (nSPS) is 18.0. The molecule has 52 heavy (non-hydrogen) atoms. The lowest BCUT2D eigenvalue weighted by Crippen LogP contribution is -3.00. The number of fused-ring (bicyclic) bond motifs is 6. The molecule has 0 bridgehead atoms. The molecule has 0 fully saturated rings. The van der Waals surface area contributed by atoms with Crippen LogP contribution in [0.2, 0.25) is 0 Å². The first-order chi connectivity index (χ1) is 23.9. The number of benzene rings is 4. The van der Waals surface area contributed by atoms with E-state index < -0.39 is 5.41 Å². The Hall–Kier alpha value is -4.16. The third-order valence-electron chi connectivity index (χ3n) is 11.5. The molecule has 1 atom stereocenters. The standard InChI is InChI=1S/C45H55N3O3.ClH/c1-29(2)45(10,28-42(3,4)5)41(50)51-25-24-46-38(49)27-48-35-23-21-31-17-13-15-19-33(31)40(35)44(8,9)37(48)26-36-43(6,7)39-32-18-14-12-16-30(32)20-22-34(39)47(36)11;/h12-23,26,29H,24-25,27-28H2,1-11H3;1H. The third kappa shape index (κ3) is 6.75. The minimum Gasteiger partial charge on any atom is -1.00 e. The zero-order chi connectivity index (χ0) is 37.1. The third-order valence-corrected chi connectivity index (χ3v) is 11.5. The zero-order valence-electron chi connectivity index (χ0n) is 32.9. The highest BCUT2D eigenvalue weighted by molar-refractivity contribution is 6.09. The van der Waals surface area contributed by atoms with Crippen LogP contribution in [0, 0.1) is 16.7 Å². The van der Waals surface area contributed by atoms with Gasteiger partial charge in [-0.05, 0) is 77.8 Å². The number of hydrogen-bond acceptors (Lipinski definition) is 4. The van der Waals surface area contributed by atoms with Gasteiger partial charge < -0.3 is 27.4 Å². The van der Waals surface area contributed by atoms with Gasteiger partial charge in [0.15, 0.2) is 5.71 Å². The van der Waals surface area contributed by atoms with E-state index in [4.69, 9.17) is 4.74 Å². The van der Waals surface area contributed by atoms with E-state index in [9.17, 15) is 9.59 Å².